The second-order valence-electron chi connectivity index (χ2n) is 11.3. The number of benzene rings is 3. The molecule has 0 aromatic heterocycles. The molecule has 5 nitrogen and oxygen atoms in total. The van der Waals surface area contributed by atoms with Crippen LogP contribution in [0.15, 0.2) is 83.3 Å². The minimum absolute atomic E-state index is 0.0577. The number of rotatable bonds is 5. The van der Waals surface area contributed by atoms with E-state index in [2.05, 4.69) is 6.07 Å². The number of allylic oxidation sites excluding steroid dienone is 3. The van der Waals surface area contributed by atoms with Crippen molar-refractivity contribution in [2.24, 2.45) is 11.1 Å². The van der Waals surface area contributed by atoms with Gasteiger partial charge >= 0.3 is 0 Å². The van der Waals surface area contributed by atoms with Gasteiger partial charge in [-0.05, 0) is 78.8 Å². The number of ketones is 1. The van der Waals surface area contributed by atoms with Gasteiger partial charge < -0.3 is 10.5 Å². The monoisotopic (exact) mass is 555 g/mol. The van der Waals surface area contributed by atoms with E-state index >= 15 is 4.39 Å². The van der Waals surface area contributed by atoms with Crippen molar-refractivity contribution in [3.63, 3.8) is 0 Å². The highest BCUT2D eigenvalue weighted by molar-refractivity contribution is 6.30. The Bertz CT molecular complexity index is 1620. The third-order valence-electron chi connectivity index (χ3n) is 7.69. The van der Waals surface area contributed by atoms with Crippen LogP contribution in [0.4, 0.5) is 10.1 Å². The maximum atomic E-state index is 15.1. The van der Waals surface area contributed by atoms with Crippen LogP contribution in [0, 0.1) is 36.4 Å². The number of hydrogen-bond donors (Lipinski definition) is 1. The van der Waals surface area contributed by atoms with Crippen LogP contribution in [-0.4, -0.2) is 5.78 Å². The first-order valence-corrected chi connectivity index (χ1v) is 13.6. The molecule has 1 heterocycles. The molecule has 1 unspecified atom stereocenters. The second kappa shape index (κ2) is 10.5. The average molecular weight is 556 g/mol. The lowest BCUT2D eigenvalue weighted by atomic mass is 9.68. The first-order chi connectivity index (χ1) is 19.0. The fraction of sp³-hybridized carbons (Fsp3) is 0.273. The van der Waals surface area contributed by atoms with Crippen molar-refractivity contribution < 1.29 is 13.9 Å². The number of nitriles is 1. The summed E-state index contributed by atoms with van der Waals surface area (Å²) in [6.45, 7) is 8.29. The first-order valence-electron chi connectivity index (χ1n) is 13.2. The normalized spacial score (nSPS) is 18.5. The van der Waals surface area contributed by atoms with E-state index in [4.69, 9.17) is 22.1 Å². The zero-order valence-electron chi connectivity index (χ0n) is 23.0. The SMILES string of the molecule is Cc1cc(COc2ccc(Cl)cc2)c(C)c(C2C(C#N)=C(N)N(c3ccccc3F)C3=C2C(=O)CC(C)(C)C3)c1. The van der Waals surface area contributed by atoms with Crippen molar-refractivity contribution in [1.82, 2.24) is 0 Å². The summed E-state index contributed by atoms with van der Waals surface area (Å²) < 4.78 is 21.2. The Hall–Kier alpha value is -4.08. The number of nitrogens with zero attached hydrogens (tertiary/aromatic N) is 2. The van der Waals surface area contributed by atoms with Gasteiger partial charge in [-0.15, -0.1) is 0 Å². The predicted octanol–water partition coefficient (Wildman–Crippen LogP) is 7.62. The summed E-state index contributed by atoms with van der Waals surface area (Å²) in [4.78, 5) is 15.5. The Kier molecular flexibility index (Phi) is 7.20. The molecule has 0 spiro atoms. The van der Waals surface area contributed by atoms with Crippen LogP contribution < -0.4 is 15.4 Å². The van der Waals surface area contributed by atoms with Crippen LogP contribution in [0.3, 0.4) is 0 Å². The molecule has 3 aromatic carbocycles. The van der Waals surface area contributed by atoms with Crippen molar-refractivity contribution in [3.05, 3.63) is 116 Å². The molecule has 3 aromatic rings. The Morgan fingerprint density at radius 1 is 1.12 bits per heavy atom. The number of carbonyl (C=O) groups excluding carboxylic acids is 1. The van der Waals surface area contributed by atoms with Gasteiger partial charge in [0.05, 0.1) is 23.2 Å². The summed E-state index contributed by atoms with van der Waals surface area (Å²) >= 11 is 6.01. The van der Waals surface area contributed by atoms with Crippen LogP contribution in [0.2, 0.25) is 5.02 Å². The predicted molar refractivity (Wildman–Crippen MR) is 155 cm³/mol. The van der Waals surface area contributed by atoms with Gasteiger partial charge in [0.15, 0.2) is 5.78 Å². The lowest BCUT2D eigenvalue weighted by Crippen LogP contribution is -2.42. The molecule has 1 atom stereocenters. The van der Waals surface area contributed by atoms with Gasteiger partial charge in [0.25, 0.3) is 0 Å². The number of para-hydroxylation sites is 1. The number of hydrogen-bond acceptors (Lipinski definition) is 5. The molecule has 40 heavy (non-hydrogen) atoms. The average Bonchev–Trinajstić information content (AvgIpc) is 2.89. The molecule has 0 bridgehead atoms. The summed E-state index contributed by atoms with van der Waals surface area (Å²) in [7, 11) is 0. The highest BCUT2D eigenvalue weighted by atomic mass is 35.5. The molecule has 1 aliphatic carbocycles. The van der Waals surface area contributed by atoms with Gasteiger partial charge in [-0.2, -0.15) is 5.26 Å². The number of halogens is 2. The molecule has 1 aliphatic heterocycles. The third kappa shape index (κ3) is 4.98. The summed E-state index contributed by atoms with van der Waals surface area (Å²) in [5.74, 6) is -0.376. The van der Waals surface area contributed by atoms with Crippen molar-refractivity contribution >= 4 is 23.1 Å². The molecule has 0 saturated carbocycles. The summed E-state index contributed by atoms with van der Waals surface area (Å²) in [5.41, 5.74) is 11.6. The molecule has 2 aliphatic rings. The topological polar surface area (TPSA) is 79.3 Å². The van der Waals surface area contributed by atoms with Crippen molar-refractivity contribution in [1.29, 1.82) is 5.26 Å². The smallest absolute Gasteiger partial charge is 0.162 e. The molecule has 0 saturated heterocycles. The van der Waals surface area contributed by atoms with Crippen LogP contribution in [-0.2, 0) is 11.4 Å². The first kappa shape index (κ1) is 27.5. The van der Waals surface area contributed by atoms with Gasteiger partial charge in [0, 0.05) is 22.7 Å². The fourth-order valence-electron chi connectivity index (χ4n) is 5.83. The van der Waals surface area contributed by atoms with Gasteiger partial charge in [-0.3, -0.25) is 9.69 Å². The number of ether oxygens (including phenoxy) is 1. The van der Waals surface area contributed by atoms with Crippen molar-refractivity contribution in [2.75, 3.05) is 4.90 Å². The maximum absolute atomic E-state index is 15.1. The maximum Gasteiger partial charge on any atom is 0.162 e. The van der Waals surface area contributed by atoms with E-state index in [0.29, 0.717) is 41.5 Å². The number of Topliss-reactive ketones (excluding diaryl/α,β-unsaturated/α-hetero) is 1. The van der Waals surface area contributed by atoms with Gasteiger partial charge in [0.2, 0.25) is 0 Å². The molecular formula is C33H31ClFN3O2. The molecule has 7 heteroatoms. The summed E-state index contributed by atoms with van der Waals surface area (Å²) in [6.07, 6.45) is 0.833. The minimum Gasteiger partial charge on any atom is -0.489 e. The van der Waals surface area contributed by atoms with Crippen LogP contribution >= 0.6 is 11.6 Å². The molecule has 5 rings (SSSR count). The van der Waals surface area contributed by atoms with E-state index in [1.807, 2.05) is 52.0 Å². The second-order valence-corrected chi connectivity index (χ2v) is 11.7. The standard InChI is InChI=1S/C33H31ClFN3O2/c1-19-13-21(18-40-23-11-9-22(34)10-12-23)20(2)24(14-19)30-25(17-36)32(37)38(27-8-6-5-7-26(27)35)28-15-33(3,4)16-29(39)31(28)30/h5-14,30H,15-16,18,37H2,1-4H3. The summed E-state index contributed by atoms with van der Waals surface area (Å²) in [5, 5.41) is 11.1. The molecule has 2 N–H and O–H groups in total. The molecule has 0 radical (unpaired) electrons. The third-order valence-corrected chi connectivity index (χ3v) is 7.95. The quantitative estimate of drug-likeness (QED) is 0.350. The Labute approximate surface area is 239 Å². The highest BCUT2D eigenvalue weighted by Crippen LogP contribution is 2.51. The van der Waals surface area contributed by atoms with Gasteiger partial charge in [-0.25, -0.2) is 4.39 Å². The van der Waals surface area contributed by atoms with Gasteiger partial charge in [0.1, 0.15) is 24.0 Å². The van der Waals surface area contributed by atoms with Gasteiger partial charge in [-0.1, -0.05) is 55.3 Å². The number of aryl methyl sites for hydroxylation is 1. The van der Waals surface area contributed by atoms with E-state index in [0.717, 1.165) is 22.3 Å². The van der Waals surface area contributed by atoms with Crippen LogP contribution in [0.1, 0.15) is 54.9 Å². The molecule has 0 amide bonds. The van der Waals surface area contributed by atoms with Crippen LogP contribution in [0.5, 0.6) is 5.75 Å². The zero-order valence-corrected chi connectivity index (χ0v) is 23.8. The van der Waals surface area contributed by atoms with Crippen molar-refractivity contribution in [2.45, 2.75) is 53.1 Å². The fourth-order valence-corrected chi connectivity index (χ4v) is 5.96. The van der Waals surface area contributed by atoms with E-state index in [1.54, 1.807) is 35.2 Å². The minimum atomic E-state index is -0.666. The lowest BCUT2D eigenvalue weighted by Gasteiger charge is -2.44. The number of nitrogens with two attached hydrogens (primary N) is 1. The molecule has 0 fully saturated rings. The number of carbonyl (C=O) groups is 1. The van der Waals surface area contributed by atoms with E-state index in [9.17, 15) is 10.1 Å². The van der Waals surface area contributed by atoms with E-state index in [1.165, 1.54) is 6.07 Å². The Balaban J connectivity index is 1.67. The van der Waals surface area contributed by atoms with E-state index in [-0.39, 0.29) is 28.3 Å². The highest BCUT2D eigenvalue weighted by Gasteiger charge is 2.45. The molecular weight excluding hydrogens is 525 g/mol. The zero-order chi connectivity index (χ0) is 28.8. The lowest BCUT2D eigenvalue weighted by molar-refractivity contribution is -0.118. The van der Waals surface area contributed by atoms with E-state index < -0.39 is 11.7 Å². The molecule has 204 valence electrons. The summed E-state index contributed by atoms with van der Waals surface area (Å²) in [6, 6.07) is 19.8. The Morgan fingerprint density at radius 3 is 2.50 bits per heavy atom. The van der Waals surface area contributed by atoms with Crippen LogP contribution in [0.25, 0.3) is 0 Å². The largest absolute Gasteiger partial charge is 0.489 e. The van der Waals surface area contributed by atoms with Crippen molar-refractivity contribution in [3.8, 4) is 11.8 Å². The Morgan fingerprint density at radius 2 is 1.82 bits per heavy atom. The number of anilines is 1.